The van der Waals surface area contributed by atoms with Crippen molar-refractivity contribution in [3.05, 3.63) is 86.7 Å². The van der Waals surface area contributed by atoms with E-state index < -0.39 is 38.0 Å². The number of hydrogen-bond acceptors (Lipinski definition) is 7. The Morgan fingerprint density at radius 1 is 0.972 bits per heavy atom. The molecule has 0 aliphatic carbocycles. The van der Waals surface area contributed by atoms with Crippen LogP contribution < -0.4 is 31.6 Å². The molecule has 3 rings (SSSR count). The number of ether oxygens (including phenoxy) is 1. The van der Waals surface area contributed by atoms with Crippen LogP contribution >= 0.6 is 0 Å². The average Bonchev–Trinajstić information content (AvgIpc) is 2.82. The van der Waals surface area contributed by atoms with Crippen LogP contribution in [-0.2, 0) is 10.0 Å². The molecule has 0 radical (unpaired) electrons. The van der Waals surface area contributed by atoms with E-state index >= 15 is 0 Å². The molecule has 0 bridgehead atoms. The van der Waals surface area contributed by atoms with Crippen molar-refractivity contribution in [2.45, 2.75) is 25.2 Å². The summed E-state index contributed by atoms with van der Waals surface area (Å²) in [5.74, 6) is -0.134. The minimum absolute atomic E-state index is 0.0207. The molecule has 1 aromatic heterocycles. The molecule has 36 heavy (non-hydrogen) atoms. The van der Waals surface area contributed by atoms with Gasteiger partial charge in [-0.2, -0.15) is 0 Å². The third kappa shape index (κ3) is 7.06. The van der Waals surface area contributed by atoms with E-state index in [9.17, 15) is 27.6 Å². The molecule has 12 nitrogen and oxygen atoms in total. The lowest BCUT2D eigenvalue weighted by Crippen LogP contribution is -2.41. The number of amides is 2. The Morgan fingerprint density at radius 3 is 2.28 bits per heavy atom. The molecule has 2 amide bonds. The van der Waals surface area contributed by atoms with Crippen LogP contribution in [0.25, 0.3) is 0 Å². The number of aromatic nitrogens is 2. The van der Waals surface area contributed by atoms with Gasteiger partial charge in [0.2, 0.25) is 0 Å². The molecule has 0 atom stereocenters. The summed E-state index contributed by atoms with van der Waals surface area (Å²) < 4.78 is 32.7. The summed E-state index contributed by atoms with van der Waals surface area (Å²) in [6, 6.07) is 11.8. The molecular formula is C23H25N5O7S. The van der Waals surface area contributed by atoms with Crippen molar-refractivity contribution in [3.63, 3.8) is 0 Å². The van der Waals surface area contributed by atoms with Crippen LogP contribution in [-0.4, -0.2) is 36.8 Å². The van der Waals surface area contributed by atoms with Gasteiger partial charge in [0.25, 0.3) is 27.4 Å². The van der Waals surface area contributed by atoms with Crippen molar-refractivity contribution >= 4 is 27.5 Å². The van der Waals surface area contributed by atoms with Gasteiger partial charge in [0.1, 0.15) is 5.75 Å². The van der Waals surface area contributed by atoms with Crippen LogP contribution in [0.1, 0.15) is 41.0 Å². The predicted molar refractivity (Wildman–Crippen MR) is 131 cm³/mol. The standard InChI is InChI=1S/C23H25N5O7S/c1-14(2)10-11-35-18-8-6-15(7-9-18)20(29)26-27-21(30)16-4-3-5-17(12-16)28-36(33,34)19-13-24-23(32)25-22(19)31/h3-9,12-14,28H,10-11H2,1-2H3,(H,26,29)(H,27,30)(H2,24,25,31,32). The minimum Gasteiger partial charge on any atom is -0.494 e. The topological polar surface area (TPSA) is 179 Å². The first-order valence-corrected chi connectivity index (χ1v) is 12.3. The molecule has 0 saturated heterocycles. The van der Waals surface area contributed by atoms with Crippen molar-refractivity contribution in [1.82, 2.24) is 20.8 Å². The van der Waals surface area contributed by atoms with Crippen LogP contribution in [0.3, 0.4) is 0 Å². The summed E-state index contributed by atoms with van der Waals surface area (Å²) >= 11 is 0. The largest absolute Gasteiger partial charge is 0.494 e. The SMILES string of the molecule is CC(C)CCOc1ccc(C(=O)NNC(=O)c2cccc(NS(=O)(=O)c3c[nH]c(=O)[nH]c3=O)c2)cc1. The molecule has 2 aromatic carbocycles. The van der Waals surface area contributed by atoms with Crippen LogP contribution in [0.2, 0.25) is 0 Å². The number of sulfonamides is 1. The van der Waals surface area contributed by atoms with Crippen molar-refractivity contribution in [2.75, 3.05) is 11.3 Å². The maximum Gasteiger partial charge on any atom is 0.325 e. The van der Waals surface area contributed by atoms with Gasteiger partial charge in [-0.3, -0.25) is 34.9 Å². The van der Waals surface area contributed by atoms with Gasteiger partial charge in [-0.05, 0) is 54.8 Å². The number of hydrogen-bond donors (Lipinski definition) is 5. The van der Waals surface area contributed by atoms with Crippen molar-refractivity contribution in [3.8, 4) is 5.75 Å². The summed E-state index contributed by atoms with van der Waals surface area (Å²) in [7, 11) is -4.35. The molecule has 3 aromatic rings. The highest BCUT2D eigenvalue weighted by Crippen LogP contribution is 2.15. The van der Waals surface area contributed by atoms with Gasteiger partial charge >= 0.3 is 5.69 Å². The zero-order chi connectivity index (χ0) is 26.3. The van der Waals surface area contributed by atoms with E-state index in [1.54, 1.807) is 24.3 Å². The zero-order valence-electron chi connectivity index (χ0n) is 19.5. The molecule has 0 aliphatic rings. The zero-order valence-corrected chi connectivity index (χ0v) is 20.3. The molecule has 0 fully saturated rings. The molecule has 13 heteroatoms. The number of carbonyl (C=O) groups excluding carboxylic acids is 2. The fourth-order valence-corrected chi connectivity index (χ4v) is 3.96. The normalized spacial score (nSPS) is 11.1. The van der Waals surface area contributed by atoms with Crippen molar-refractivity contribution < 1.29 is 22.7 Å². The molecule has 0 aliphatic heterocycles. The number of benzene rings is 2. The minimum atomic E-state index is -4.35. The van der Waals surface area contributed by atoms with E-state index in [2.05, 4.69) is 34.4 Å². The van der Waals surface area contributed by atoms with Gasteiger partial charge in [-0.1, -0.05) is 19.9 Å². The number of carbonyl (C=O) groups is 2. The Kier molecular flexibility index (Phi) is 8.27. The smallest absolute Gasteiger partial charge is 0.325 e. The average molecular weight is 516 g/mol. The highest BCUT2D eigenvalue weighted by atomic mass is 32.2. The summed E-state index contributed by atoms with van der Waals surface area (Å²) in [4.78, 5) is 50.9. The van der Waals surface area contributed by atoms with E-state index in [-0.39, 0.29) is 11.3 Å². The van der Waals surface area contributed by atoms with Gasteiger partial charge in [0.15, 0.2) is 4.90 Å². The second kappa shape index (κ2) is 11.4. The summed E-state index contributed by atoms with van der Waals surface area (Å²) in [6.07, 6.45) is 1.67. The second-order valence-corrected chi connectivity index (χ2v) is 9.74. The van der Waals surface area contributed by atoms with E-state index in [0.717, 1.165) is 12.6 Å². The Labute approximate surface area is 206 Å². The maximum absolute atomic E-state index is 12.5. The van der Waals surface area contributed by atoms with E-state index in [1.807, 2.05) is 4.98 Å². The predicted octanol–water partition coefficient (Wildman–Crippen LogP) is 1.36. The second-order valence-electron chi connectivity index (χ2n) is 8.09. The molecule has 0 spiro atoms. The fourth-order valence-electron chi connectivity index (χ4n) is 2.90. The Hall–Kier alpha value is -4.39. The molecule has 1 heterocycles. The molecule has 5 N–H and O–H groups in total. The third-order valence-corrected chi connectivity index (χ3v) is 6.21. The number of anilines is 1. The summed E-state index contributed by atoms with van der Waals surface area (Å²) in [6.45, 7) is 4.75. The lowest BCUT2D eigenvalue weighted by Gasteiger charge is -2.11. The Balaban J connectivity index is 1.60. The first kappa shape index (κ1) is 26.2. The highest BCUT2D eigenvalue weighted by molar-refractivity contribution is 7.92. The fraction of sp³-hybridized carbons (Fsp3) is 0.217. The molecule has 0 unspecified atom stereocenters. The summed E-state index contributed by atoms with van der Waals surface area (Å²) in [5.41, 5.74) is 2.88. The number of rotatable bonds is 9. The van der Waals surface area contributed by atoms with Crippen LogP contribution in [0.4, 0.5) is 5.69 Å². The van der Waals surface area contributed by atoms with Gasteiger partial charge in [-0.25, -0.2) is 13.2 Å². The summed E-state index contributed by atoms with van der Waals surface area (Å²) in [5, 5.41) is 0. The Morgan fingerprint density at radius 2 is 1.64 bits per heavy atom. The van der Waals surface area contributed by atoms with Gasteiger partial charge in [0.05, 0.1) is 6.61 Å². The lowest BCUT2D eigenvalue weighted by molar-refractivity contribution is 0.0846. The quantitative estimate of drug-likeness (QED) is 0.267. The Bertz CT molecular complexity index is 1460. The van der Waals surface area contributed by atoms with E-state index in [0.29, 0.717) is 23.8 Å². The third-order valence-electron chi connectivity index (χ3n) is 4.82. The van der Waals surface area contributed by atoms with Crippen LogP contribution in [0, 0.1) is 5.92 Å². The highest BCUT2D eigenvalue weighted by Gasteiger charge is 2.19. The van der Waals surface area contributed by atoms with Crippen molar-refractivity contribution in [2.24, 2.45) is 5.92 Å². The molecule has 190 valence electrons. The molecular weight excluding hydrogens is 490 g/mol. The van der Waals surface area contributed by atoms with E-state index in [1.165, 1.54) is 24.3 Å². The van der Waals surface area contributed by atoms with Gasteiger partial charge in [-0.15, -0.1) is 0 Å². The number of nitrogens with one attached hydrogen (secondary N) is 5. The maximum atomic E-state index is 12.5. The van der Waals surface area contributed by atoms with E-state index in [4.69, 9.17) is 4.74 Å². The monoisotopic (exact) mass is 515 g/mol. The first-order chi connectivity index (χ1) is 17.0. The van der Waals surface area contributed by atoms with Crippen molar-refractivity contribution in [1.29, 1.82) is 0 Å². The first-order valence-electron chi connectivity index (χ1n) is 10.8. The number of hydrazine groups is 1. The molecule has 0 saturated carbocycles. The van der Waals surface area contributed by atoms with Gasteiger partial charge in [0, 0.05) is 23.0 Å². The lowest BCUT2D eigenvalue weighted by atomic mass is 10.1. The van der Waals surface area contributed by atoms with Crippen LogP contribution in [0.15, 0.2) is 69.2 Å². The number of H-pyrrole nitrogens is 2. The van der Waals surface area contributed by atoms with Gasteiger partial charge < -0.3 is 9.72 Å². The van der Waals surface area contributed by atoms with Crippen LogP contribution in [0.5, 0.6) is 5.75 Å². The number of aromatic amines is 2.